The van der Waals surface area contributed by atoms with Crippen LogP contribution in [0.1, 0.15) is 51.4 Å². The third-order valence-electron chi connectivity index (χ3n) is 5.73. The summed E-state index contributed by atoms with van der Waals surface area (Å²) in [5.41, 5.74) is 0. The maximum absolute atomic E-state index is 12.4. The molecular formula is C18H31N3O2. The van der Waals surface area contributed by atoms with E-state index in [9.17, 15) is 9.59 Å². The number of amides is 2. The minimum Gasteiger partial charge on any atom is -0.342 e. The molecule has 5 heteroatoms. The fourth-order valence-corrected chi connectivity index (χ4v) is 4.18. The second-order valence-corrected chi connectivity index (χ2v) is 7.45. The Kier molecular flexibility index (Phi) is 5.92. The normalized spacial score (nSPS) is 24.2. The molecule has 2 saturated heterocycles. The van der Waals surface area contributed by atoms with Crippen molar-refractivity contribution in [3.8, 4) is 0 Å². The highest BCUT2D eigenvalue weighted by Gasteiger charge is 2.26. The van der Waals surface area contributed by atoms with Crippen molar-refractivity contribution in [2.75, 3.05) is 45.8 Å². The number of piperazine rings is 1. The Balaban J connectivity index is 1.37. The highest BCUT2D eigenvalue weighted by atomic mass is 16.2. The van der Waals surface area contributed by atoms with Crippen LogP contribution in [0.5, 0.6) is 0 Å². The van der Waals surface area contributed by atoms with E-state index in [1.165, 1.54) is 32.1 Å². The zero-order valence-corrected chi connectivity index (χ0v) is 14.3. The van der Waals surface area contributed by atoms with Crippen LogP contribution in [0, 0.1) is 5.92 Å². The number of carbonyl (C=O) groups excluding carboxylic acids is 2. The molecule has 0 spiro atoms. The number of likely N-dealkylation sites (tertiary alicyclic amines) is 1. The SMILES string of the molecule is O=C(CC1CCCCC1)N1CCN(CC(=O)N2CCCC2)CC1. The van der Waals surface area contributed by atoms with E-state index < -0.39 is 0 Å². The Morgan fingerprint density at radius 3 is 1.96 bits per heavy atom. The predicted molar refractivity (Wildman–Crippen MR) is 90.0 cm³/mol. The Bertz CT molecular complexity index is 406. The Morgan fingerprint density at radius 1 is 0.696 bits per heavy atom. The molecule has 3 fully saturated rings. The van der Waals surface area contributed by atoms with Crippen LogP contribution in [0.15, 0.2) is 0 Å². The zero-order chi connectivity index (χ0) is 16.1. The van der Waals surface area contributed by atoms with E-state index in [-0.39, 0.29) is 5.91 Å². The van der Waals surface area contributed by atoms with Gasteiger partial charge >= 0.3 is 0 Å². The van der Waals surface area contributed by atoms with Crippen molar-refractivity contribution >= 4 is 11.8 Å². The van der Waals surface area contributed by atoms with Crippen LogP contribution in [-0.4, -0.2) is 72.3 Å². The van der Waals surface area contributed by atoms with Gasteiger partial charge in [0.05, 0.1) is 6.54 Å². The molecule has 1 aliphatic carbocycles. The standard InChI is InChI=1S/C18H31N3O2/c22-17(14-16-6-2-1-3-7-16)21-12-10-19(11-13-21)15-18(23)20-8-4-5-9-20/h16H,1-15H2. The molecule has 0 aromatic carbocycles. The van der Waals surface area contributed by atoms with E-state index in [0.29, 0.717) is 18.4 Å². The summed E-state index contributed by atoms with van der Waals surface area (Å²) in [7, 11) is 0. The van der Waals surface area contributed by atoms with Crippen molar-refractivity contribution in [1.82, 2.24) is 14.7 Å². The largest absolute Gasteiger partial charge is 0.342 e. The molecule has 0 N–H and O–H groups in total. The molecule has 130 valence electrons. The molecule has 2 heterocycles. The lowest BCUT2D eigenvalue weighted by Crippen LogP contribution is -2.51. The van der Waals surface area contributed by atoms with Gasteiger partial charge in [0.1, 0.15) is 0 Å². The van der Waals surface area contributed by atoms with Gasteiger partial charge in [-0.2, -0.15) is 0 Å². The Hall–Kier alpha value is -1.10. The van der Waals surface area contributed by atoms with E-state index in [1.54, 1.807) is 0 Å². The van der Waals surface area contributed by atoms with Gasteiger partial charge in [0, 0.05) is 45.7 Å². The van der Waals surface area contributed by atoms with E-state index in [1.807, 2.05) is 9.80 Å². The summed E-state index contributed by atoms with van der Waals surface area (Å²) in [6.45, 7) is 5.66. The Morgan fingerprint density at radius 2 is 1.30 bits per heavy atom. The van der Waals surface area contributed by atoms with Gasteiger partial charge < -0.3 is 9.80 Å². The topological polar surface area (TPSA) is 43.9 Å². The van der Waals surface area contributed by atoms with Crippen molar-refractivity contribution in [3.05, 3.63) is 0 Å². The number of rotatable bonds is 4. The number of carbonyl (C=O) groups is 2. The molecule has 3 rings (SSSR count). The fraction of sp³-hybridized carbons (Fsp3) is 0.889. The number of hydrogen-bond acceptors (Lipinski definition) is 3. The van der Waals surface area contributed by atoms with Crippen LogP contribution >= 0.6 is 0 Å². The van der Waals surface area contributed by atoms with E-state index in [2.05, 4.69) is 4.90 Å². The minimum atomic E-state index is 0.268. The smallest absolute Gasteiger partial charge is 0.236 e. The van der Waals surface area contributed by atoms with Gasteiger partial charge in [-0.05, 0) is 31.6 Å². The van der Waals surface area contributed by atoms with E-state index in [0.717, 1.165) is 58.5 Å². The number of hydrogen-bond donors (Lipinski definition) is 0. The van der Waals surface area contributed by atoms with Crippen LogP contribution in [0.25, 0.3) is 0 Å². The summed E-state index contributed by atoms with van der Waals surface area (Å²) in [4.78, 5) is 30.9. The lowest BCUT2D eigenvalue weighted by Gasteiger charge is -2.36. The van der Waals surface area contributed by atoms with Crippen LogP contribution in [0.2, 0.25) is 0 Å². The van der Waals surface area contributed by atoms with Crippen LogP contribution in [0.3, 0.4) is 0 Å². The molecular weight excluding hydrogens is 290 g/mol. The molecule has 5 nitrogen and oxygen atoms in total. The average molecular weight is 321 g/mol. The highest BCUT2D eigenvalue weighted by molar-refractivity contribution is 5.79. The summed E-state index contributed by atoms with van der Waals surface area (Å²) < 4.78 is 0. The minimum absolute atomic E-state index is 0.268. The van der Waals surface area contributed by atoms with Gasteiger partial charge in [-0.1, -0.05) is 19.3 Å². The molecule has 0 radical (unpaired) electrons. The molecule has 0 unspecified atom stereocenters. The summed E-state index contributed by atoms with van der Waals surface area (Å²) in [6.07, 6.45) is 9.44. The van der Waals surface area contributed by atoms with Crippen molar-refractivity contribution in [1.29, 1.82) is 0 Å². The van der Waals surface area contributed by atoms with Crippen molar-refractivity contribution in [3.63, 3.8) is 0 Å². The summed E-state index contributed by atoms with van der Waals surface area (Å²) in [5, 5.41) is 0. The highest BCUT2D eigenvalue weighted by Crippen LogP contribution is 2.27. The lowest BCUT2D eigenvalue weighted by molar-refractivity contribution is -0.135. The second kappa shape index (κ2) is 8.13. The second-order valence-electron chi connectivity index (χ2n) is 7.45. The van der Waals surface area contributed by atoms with Gasteiger partial charge in [-0.25, -0.2) is 0 Å². The van der Waals surface area contributed by atoms with Crippen molar-refractivity contribution in [2.24, 2.45) is 5.92 Å². The molecule has 0 bridgehead atoms. The summed E-state index contributed by atoms with van der Waals surface area (Å²) >= 11 is 0. The number of nitrogens with zero attached hydrogens (tertiary/aromatic N) is 3. The van der Waals surface area contributed by atoms with Crippen LogP contribution in [0.4, 0.5) is 0 Å². The molecule has 23 heavy (non-hydrogen) atoms. The zero-order valence-electron chi connectivity index (χ0n) is 14.3. The molecule has 0 aromatic rings. The summed E-state index contributed by atoms with van der Waals surface area (Å²) in [6, 6.07) is 0. The maximum Gasteiger partial charge on any atom is 0.236 e. The molecule has 1 saturated carbocycles. The summed E-state index contributed by atoms with van der Waals surface area (Å²) in [5.74, 6) is 1.22. The molecule has 0 aromatic heterocycles. The molecule has 0 atom stereocenters. The van der Waals surface area contributed by atoms with Gasteiger partial charge in [-0.15, -0.1) is 0 Å². The molecule has 3 aliphatic rings. The van der Waals surface area contributed by atoms with E-state index >= 15 is 0 Å². The van der Waals surface area contributed by atoms with Crippen molar-refractivity contribution in [2.45, 2.75) is 51.4 Å². The first kappa shape index (κ1) is 16.7. The first-order valence-corrected chi connectivity index (χ1v) is 9.50. The molecule has 2 amide bonds. The van der Waals surface area contributed by atoms with Crippen LogP contribution < -0.4 is 0 Å². The average Bonchev–Trinajstić information content (AvgIpc) is 3.11. The van der Waals surface area contributed by atoms with Gasteiger partial charge in [0.15, 0.2) is 0 Å². The van der Waals surface area contributed by atoms with Gasteiger partial charge in [0.2, 0.25) is 11.8 Å². The predicted octanol–water partition coefficient (Wildman–Crippen LogP) is 1.72. The third-order valence-corrected chi connectivity index (χ3v) is 5.73. The quantitative estimate of drug-likeness (QED) is 0.792. The fourth-order valence-electron chi connectivity index (χ4n) is 4.18. The van der Waals surface area contributed by atoms with Gasteiger partial charge in [-0.3, -0.25) is 14.5 Å². The van der Waals surface area contributed by atoms with Crippen LogP contribution in [-0.2, 0) is 9.59 Å². The third kappa shape index (κ3) is 4.69. The first-order chi connectivity index (χ1) is 11.2. The Labute approximate surface area is 140 Å². The first-order valence-electron chi connectivity index (χ1n) is 9.50. The lowest BCUT2D eigenvalue weighted by atomic mass is 9.86. The monoisotopic (exact) mass is 321 g/mol. The maximum atomic E-state index is 12.4. The van der Waals surface area contributed by atoms with Crippen molar-refractivity contribution < 1.29 is 9.59 Å². The van der Waals surface area contributed by atoms with E-state index in [4.69, 9.17) is 0 Å². The molecule has 2 aliphatic heterocycles. The van der Waals surface area contributed by atoms with Gasteiger partial charge in [0.25, 0.3) is 0 Å².